The molecular weight excluding hydrogens is 234 g/mol. The van der Waals surface area contributed by atoms with Crippen LogP contribution in [0.1, 0.15) is 5.69 Å². The number of rotatable bonds is 3. The van der Waals surface area contributed by atoms with E-state index in [1.807, 2.05) is 55.5 Å². The standard InChI is InChI=1S/C17H15NO/c1-13-11-12-16(18-13)15-9-5-6-10-17(15)19-14-7-3-2-4-8-14/h2-12,18H,1H3. The lowest BCUT2D eigenvalue weighted by Crippen LogP contribution is -1.88. The van der Waals surface area contributed by atoms with Gasteiger partial charge >= 0.3 is 0 Å². The van der Waals surface area contributed by atoms with Crippen molar-refractivity contribution in [2.45, 2.75) is 6.92 Å². The van der Waals surface area contributed by atoms with E-state index in [0.717, 1.165) is 28.5 Å². The highest BCUT2D eigenvalue weighted by molar-refractivity contribution is 5.68. The van der Waals surface area contributed by atoms with E-state index in [-0.39, 0.29) is 0 Å². The monoisotopic (exact) mass is 249 g/mol. The lowest BCUT2D eigenvalue weighted by Gasteiger charge is -2.10. The van der Waals surface area contributed by atoms with Crippen molar-refractivity contribution in [2.75, 3.05) is 0 Å². The number of aromatic nitrogens is 1. The number of nitrogens with one attached hydrogen (secondary N) is 1. The number of benzene rings is 2. The van der Waals surface area contributed by atoms with Crippen LogP contribution in [0.25, 0.3) is 11.3 Å². The Bertz CT molecular complexity index is 670. The fourth-order valence-corrected chi connectivity index (χ4v) is 2.05. The third kappa shape index (κ3) is 2.52. The van der Waals surface area contributed by atoms with Gasteiger partial charge in [0, 0.05) is 17.0 Å². The summed E-state index contributed by atoms with van der Waals surface area (Å²) in [5.74, 6) is 1.70. The summed E-state index contributed by atoms with van der Waals surface area (Å²) in [6.07, 6.45) is 0. The molecule has 1 aromatic heterocycles. The molecule has 0 amide bonds. The van der Waals surface area contributed by atoms with Gasteiger partial charge in [-0.3, -0.25) is 0 Å². The molecule has 0 atom stereocenters. The Labute approximate surface area is 112 Å². The molecule has 0 radical (unpaired) electrons. The third-order valence-corrected chi connectivity index (χ3v) is 2.98. The summed E-state index contributed by atoms with van der Waals surface area (Å²) < 4.78 is 5.95. The van der Waals surface area contributed by atoms with E-state index >= 15 is 0 Å². The maximum atomic E-state index is 5.95. The van der Waals surface area contributed by atoms with Gasteiger partial charge in [0.15, 0.2) is 0 Å². The lowest BCUT2D eigenvalue weighted by atomic mass is 10.1. The number of aryl methyl sites for hydroxylation is 1. The zero-order valence-corrected chi connectivity index (χ0v) is 10.8. The minimum Gasteiger partial charge on any atom is -0.457 e. The van der Waals surface area contributed by atoms with Gasteiger partial charge in [-0.15, -0.1) is 0 Å². The summed E-state index contributed by atoms with van der Waals surface area (Å²) in [5, 5.41) is 0. The van der Waals surface area contributed by atoms with Crippen LogP contribution in [0, 0.1) is 6.92 Å². The average molecular weight is 249 g/mol. The number of hydrogen-bond acceptors (Lipinski definition) is 1. The molecule has 2 aromatic carbocycles. The van der Waals surface area contributed by atoms with Gasteiger partial charge in [0.2, 0.25) is 0 Å². The molecular formula is C17H15NO. The maximum absolute atomic E-state index is 5.95. The molecule has 1 heterocycles. The van der Waals surface area contributed by atoms with Crippen LogP contribution in [-0.4, -0.2) is 4.98 Å². The van der Waals surface area contributed by atoms with E-state index < -0.39 is 0 Å². The molecule has 0 spiro atoms. The highest BCUT2D eigenvalue weighted by Gasteiger charge is 2.07. The smallest absolute Gasteiger partial charge is 0.136 e. The highest BCUT2D eigenvalue weighted by atomic mass is 16.5. The summed E-state index contributed by atoms with van der Waals surface area (Å²) in [7, 11) is 0. The number of hydrogen-bond donors (Lipinski definition) is 1. The van der Waals surface area contributed by atoms with E-state index in [4.69, 9.17) is 4.74 Å². The van der Waals surface area contributed by atoms with Crippen LogP contribution in [-0.2, 0) is 0 Å². The molecule has 3 rings (SSSR count). The Morgan fingerprint density at radius 1 is 0.789 bits per heavy atom. The molecule has 3 aromatic rings. The third-order valence-electron chi connectivity index (χ3n) is 2.98. The Balaban J connectivity index is 1.98. The fourth-order valence-electron chi connectivity index (χ4n) is 2.05. The Morgan fingerprint density at radius 2 is 1.53 bits per heavy atom. The van der Waals surface area contributed by atoms with Crippen LogP contribution in [0.4, 0.5) is 0 Å². The zero-order chi connectivity index (χ0) is 13.1. The van der Waals surface area contributed by atoms with E-state index in [9.17, 15) is 0 Å². The predicted molar refractivity (Wildman–Crippen MR) is 77.5 cm³/mol. The van der Waals surface area contributed by atoms with Crippen molar-refractivity contribution in [1.29, 1.82) is 0 Å². The molecule has 2 heteroatoms. The molecule has 0 saturated carbocycles. The van der Waals surface area contributed by atoms with E-state index in [0.29, 0.717) is 0 Å². The molecule has 0 bridgehead atoms. The first-order valence-electron chi connectivity index (χ1n) is 6.31. The summed E-state index contributed by atoms with van der Waals surface area (Å²) in [6.45, 7) is 2.05. The van der Waals surface area contributed by atoms with Crippen molar-refractivity contribution >= 4 is 0 Å². The molecule has 2 nitrogen and oxygen atoms in total. The van der Waals surface area contributed by atoms with Gasteiger partial charge in [-0.2, -0.15) is 0 Å². The van der Waals surface area contributed by atoms with Crippen molar-refractivity contribution in [1.82, 2.24) is 4.98 Å². The molecule has 19 heavy (non-hydrogen) atoms. The number of H-pyrrole nitrogens is 1. The lowest BCUT2D eigenvalue weighted by molar-refractivity contribution is 0.484. The summed E-state index contributed by atoms with van der Waals surface area (Å²) in [6, 6.07) is 22.0. The summed E-state index contributed by atoms with van der Waals surface area (Å²) in [4.78, 5) is 3.34. The van der Waals surface area contributed by atoms with Crippen LogP contribution >= 0.6 is 0 Å². The van der Waals surface area contributed by atoms with Gasteiger partial charge in [0.05, 0.1) is 0 Å². The second-order valence-corrected chi connectivity index (χ2v) is 4.47. The normalized spacial score (nSPS) is 10.4. The quantitative estimate of drug-likeness (QED) is 0.709. The van der Waals surface area contributed by atoms with Crippen molar-refractivity contribution in [2.24, 2.45) is 0 Å². The highest BCUT2D eigenvalue weighted by Crippen LogP contribution is 2.32. The molecule has 0 unspecified atom stereocenters. The van der Waals surface area contributed by atoms with Crippen molar-refractivity contribution in [3.8, 4) is 22.8 Å². The van der Waals surface area contributed by atoms with Crippen LogP contribution in [0.2, 0.25) is 0 Å². The van der Waals surface area contributed by atoms with Gasteiger partial charge in [-0.1, -0.05) is 30.3 Å². The number of para-hydroxylation sites is 2. The van der Waals surface area contributed by atoms with Gasteiger partial charge in [0.1, 0.15) is 11.5 Å². The largest absolute Gasteiger partial charge is 0.457 e. The van der Waals surface area contributed by atoms with Gasteiger partial charge in [-0.05, 0) is 43.3 Å². The first-order chi connectivity index (χ1) is 9.33. The van der Waals surface area contributed by atoms with Gasteiger partial charge in [0.25, 0.3) is 0 Å². The number of ether oxygens (including phenoxy) is 1. The van der Waals surface area contributed by atoms with Crippen molar-refractivity contribution < 1.29 is 4.74 Å². The van der Waals surface area contributed by atoms with Crippen LogP contribution in [0.15, 0.2) is 66.7 Å². The van der Waals surface area contributed by atoms with Crippen molar-refractivity contribution in [3.05, 3.63) is 72.4 Å². The molecule has 0 saturated heterocycles. The van der Waals surface area contributed by atoms with E-state index in [1.54, 1.807) is 0 Å². The molecule has 94 valence electrons. The first-order valence-corrected chi connectivity index (χ1v) is 6.31. The Hall–Kier alpha value is -2.48. The molecule has 0 fully saturated rings. The second-order valence-electron chi connectivity index (χ2n) is 4.47. The summed E-state index contributed by atoms with van der Waals surface area (Å²) >= 11 is 0. The average Bonchev–Trinajstić information content (AvgIpc) is 2.87. The molecule has 1 N–H and O–H groups in total. The van der Waals surface area contributed by atoms with E-state index in [2.05, 4.69) is 23.2 Å². The Morgan fingerprint density at radius 3 is 2.26 bits per heavy atom. The van der Waals surface area contributed by atoms with Gasteiger partial charge in [-0.25, -0.2) is 0 Å². The topological polar surface area (TPSA) is 25.0 Å². The first kappa shape index (κ1) is 11.6. The van der Waals surface area contributed by atoms with Gasteiger partial charge < -0.3 is 9.72 Å². The van der Waals surface area contributed by atoms with Crippen molar-refractivity contribution in [3.63, 3.8) is 0 Å². The Kier molecular flexibility index (Phi) is 3.07. The minimum absolute atomic E-state index is 0.846. The minimum atomic E-state index is 0.846. The number of aromatic amines is 1. The molecule has 0 aliphatic rings. The summed E-state index contributed by atoms with van der Waals surface area (Å²) in [5.41, 5.74) is 3.29. The van der Waals surface area contributed by atoms with Crippen LogP contribution < -0.4 is 4.74 Å². The second kappa shape index (κ2) is 5.02. The SMILES string of the molecule is Cc1ccc(-c2ccccc2Oc2ccccc2)[nH]1. The predicted octanol–water partition coefficient (Wildman–Crippen LogP) is 4.78. The molecule has 0 aliphatic carbocycles. The van der Waals surface area contributed by atoms with Crippen LogP contribution in [0.3, 0.4) is 0 Å². The van der Waals surface area contributed by atoms with Crippen LogP contribution in [0.5, 0.6) is 11.5 Å². The van der Waals surface area contributed by atoms with E-state index in [1.165, 1.54) is 0 Å². The fraction of sp³-hybridized carbons (Fsp3) is 0.0588. The molecule has 0 aliphatic heterocycles. The zero-order valence-electron chi connectivity index (χ0n) is 10.8. The maximum Gasteiger partial charge on any atom is 0.136 e.